The van der Waals surface area contributed by atoms with Crippen LogP contribution in [0.5, 0.6) is 0 Å². The van der Waals surface area contributed by atoms with E-state index < -0.39 is 59.8 Å². The molecule has 3 atom stereocenters. The maximum Gasteiger partial charge on any atom is 0.466 e. The van der Waals surface area contributed by atoms with E-state index in [1.165, 1.54) is 6.20 Å². The Morgan fingerprint density at radius 3 is 1.69 bits per heavy atom. The largest absolute Gasteiger partial charge is 0.466 e. The molecule has 0 aliphatic carbocycles. The first-order valence-electron chi connectivity index (χ1n) is 7.60. The first-order valence-corrected chi connectivity index (χ1v) is 12.3. The molecular weight excluding hydrogens is 516 g/mol. The minimum atomic E-state index is -4.64. The van der Waals surface area contributed by atoms with Gasteiger partial charge in [0.15, 0.2) is 0 Å². The van der Waals surface area contributed by atoms with Crippen molar-refractivity contribution in [3.8, 4) is 0 Å². The van der Waals surface area contributed by atoms with Gasteiger partial charge < -0.3 is 53.9 Å². The van der Waals surface area contributed by atoms with Crippen LogP contribution in [0.3, 0.4) is 0 Å². The zero-order chi connectivity index (χ0) is 26.1. The molecule has 1 unspecified atom stereocenters. The Morgan fingerprint density at radius 2 is 1.38 bits per heavy atom. The minimum absolute atomic E-state index is 0.0172. The Morgan fingerprint density at radius 1 is 1.00 bits per heavy atom. The summed E-state index contributed by atoms with van der Waals surface area (Å²) in [6, 6.07) is 0. The van der Waals surface area contributed by atoms with E-state index in [4.69, 9.17) is 67.6 Å². The summed E-state index contributed by atoms with van der Waals surface area (Å²) in [5.41, 5.74) is -0.771. The molecule has 1 aromatic heterocycles. The second-order valence-electron chi connectivity index (χ2n) is 5.58. The van der Waals surface area contributed by atoms with E-state index in [0.29, 0.717) is 5.56 Å². The maximum absolute atomic E-state index is 13.4. The molecule has 2 heterocycles. The number of hydrogen-bond acceptors (Lipinski definition) is 7. The first kappa shape index (κ1) is 33.0. The third-order valence-electron chi connectivity index (χ3n) is 2.80. The second-order valence-corrected chi connectivity index (χ2v) is 8.66. The Bertz CT molecular complexity index is 889. The highest BCUT2D eigenvalue weighted by molar-refractivity contribution is 7.45. The van der Waals surface area contributed by atoms with Crippen LogP contribution in [0.4, 0.5) is 4.39 Å². The smallest absolute Gasteiger partial charge is 0.394 e. The van der Waals surface area contributed by atoms with Gasteiger partial charge in [-0.2, -0.15) is 0 Å². The van der Waals surface area contributed by atoms with Crippen molar-refractivity contribution in [3.05, 3.63) is 32.6 Å². The Hall–Kier alpha value is -1.14. The molecule has 0 spiro atoms. The quantitative estimate of drug-likeness (QED) is 0.164. The van der Waals surface area contributed by atoms with Crippen molar-refractivity contribution >= 4 is 23.5 Å². The predicted octanol–water partition coefficient (Wildman–Crippen LogP) is -3.32. The number of aromatic nitrogens is 2. The molecule has 0 saturated carbocycles. The van der Waals surface area contributed by atoms with Crippen LogP contribution in [0, 0.1) is 6.92 Å². The first-order chi connectivity index (χ1) is 14.0. The molecule has 1 aliphatic heterocycles. The average molecular weight is 538 g/mol. The zero-order valence-electron chi connectivity index (χ0n) is 15.8. The fourth-order valence-electron chi connectivity index (χ4n) is 1.82. The molecule has 190 valence electrons. The molecule has 0 amide bonds. The standard InChI is InChI=1S/C10H13FN2O4.3H3O4P/c1-5-3-13(10(16)12-9(5)15)8-2-6(11)7(4-14)17-8;3*1-5(2,3)4/h3,6-8,14H,2,4H2,1H3,(H,12,15,16);3*(H3,1,2,3,4)/t6?,7-,8-;;;/m1.../s1. The topological polar surface area (TPSA) is 318 Å². The van der Waals surface area contributed by atoms with E-state index in [0.717, 1.165) is 4.57 Å². The number of aromatic amines is 1. The van der Waals surface area contributed by atoms with Gasteiger partial charge in [0.2, 0.25) is 0 Å². The summed E-state index contributed by atoms with van der Waals surface area (Å²) in [5, 5.41) is 8.86. The van der Waals surface area contributed by atoms with Gasteiger partial charge in [0, 0.05) is 18.2 Å². The van der Waals surface area contributed by atoms with E-state index in [9.17, 15) is 14.0 Å². The second kappa shape index (κ2) is 13.5. The SMILES string of the molecule is Cc1cn([C@H]2CC(F)[C@@H](CO)O2)c(=O)[nH]c1=O.O=P(O)(O)O.O=P(O)(O)O.O=P(O)(O)O. The van der Waals surface area contributed by atoms with Gasteiger partial charge in [-0.25, -0.2) is 22.9 Å². The van der Waals surface area contributed by atoms with Crippen LogP contribution < -0.4 is 11.2 Å². The number of ether oxygens (including phenoxy) is 1. The number of aryl methyl sites for hydroxylation is 1. The van der Waals surface area contributed by atoms with E-state index in [2.05, 4.69) is 4.98 Å². The average Bonchev–Trinajstić information content (AvgIpc) is 2.86. The molecule has 1 saturated heterocycles. The number of alkyl halides is 1. The van der Waals surface area contributed by atoms with Crippen LogP contribution in [-0.4, -0.2) is 77.6 Å². The van der Waals surface area contributed by atoms with Gasteiger partial charge in [0.1, 0.15) is 18.5 Å². The summed E-state index contributed by atoms with van der Waals surface area (Å²) in [6.07, 6.45) is -1.71. The Kier molecular flexibility index (Phi) is 14.0. The molecule has 1 fully saturated rings. The summed E-state index contributed by atoms with van der Waals surface area (Å²) in [4.78, 5) is 89.5. The number of hydrogen-bond donors (Lipinski definition) is 11. The van der Waals surface area contributed by atoms with E-state index in [-0.39, 0.29) is 6.42 Å². The van der Waals surface area contributed by atoms with Crippen molar-refractivity contribution in [1.82, 2.24) is 9.55 Å². The summed E-state index contributed by atoms with van der Waals surface area (Å²) >= 11 is 0. The van der Waals surface area contributed by atoms with Gasteiger partial charge in [-0.05, 0) is 6.92 Å². The zero-order valence-corrected chi connectivity index (χ0v) is 18.5. The molecule has 22 heteroatoms. The Balaban J connectivity index is 0. The molecule has 0 aromatic carbocycles. The number of halogens is 1. The number of nitrogens with zero attached hydrogens (tertiary/aromatic N) is 1. The lowest BCUT2D eigenvalue weighted by Crippen LogP contribution is -2.33. The molecule has 18 nitrogen and oxygen atoms in total. The molecular formula is C10H22FN2O16P3. The third kappa shape index (κ3) is 20.7. The molecule has 32 heavy (non-hydrogen) atoms. The Labute approximate surface area is 176 Å². The van der Waals surface area contributed by atoms with Gasteiger partial charge in [0.05, 0.1) is 6.61 Å². The van der Waals surface area contributed by atoms with Crippen molar-refractivity contribution in [1.29, 1.82) is 0 Å². The van der Waals surface area contributed by atoms with E-state index >= 15 is 0 Å². The maximum atomic E-state index is 13.4. The van der Waals surface area contributed by atoms with E-state index in [1.807, 2.05) is 0 Å². The number of H-pyrrole nitrogens is 1. The highest BCUT2D eigenvalue weighted by Gasteiger charge is 2.36. The van der Waals surface area contributed by atoms with Crippen molar-refractivity contribution in [2.45, 2.75) is 31.8 Å². The fourth-order valence-corrected chi connectivity index (χ4v) is 1.82. The van der Waals surface area contributed by atoms with Crippen LogP contribution in [0.2, 0.25) is 0 Å². The van der Waals surface area contributed by atoms with Gasteiger partial charge in [-0.1, -0.05) is 0 Å². The lowest BCUT2D eigenvalue weighted by Gasteiger charge is -2.14. The molecule has 0 radical (unpaired) electrons. The molecule has 2 rings (SSSR count). The monoisotopic (exact) mass is 538 g/mol. The van der Waals surface area contributed by atoms with Crippen molar-refractivity contribution in [2.75, 3.05) is 6.61 Å². The number of aliphatic hydroxyl groups is 1. The summed E-state index contributed by atoms with van der Waals surface area (Å²) in [6.45, 7) is 1.11. The lowest BCUT2D eigenvalue weighted by molar-refractivity contribution is -0.0356. The van der Waals surface area contributed by atoms with Gasteiger partial charge >= 0.3 is 29.2 Å². The van der Waals surface area contributed by atoms with Gasteiger partial charge in [-0.3, -0.25) is 14.3 Å². The molecule has 11 N–H and O–H groups in total. The van der Waals surface area contributed by atoms with Gasteiger partial charge in [0.25, 0.3) is 5.56 Å². The van der Waals surface area contributed by atoms with Crippen molar-refractivity contribution < 1.29 is 72.0 Å². The minimum Gasteiger partial charge on any atom is -0.394 e. The summed E-state index contributed by atoms with van der Waals surface area (Å²) in [5.74, 6) is 0. The lowest BCUT2D eigenvalue weighted by atomic mass is 10.2. The normalized spacial score (nSPS) is 20.7. The van der Waals surface area contributed by atoms with Crippen LogP contribution in [-0.2, 0) is 18.4 Å². The fraction of sp³-hybridized carbons (Fsp3) is 0.600. The predicted molar refractivity (Wildman–Crippen MR) is 99.4 cm³/mol. The third-order valence-corrected chi connectivity index (χ3v) is 2.80. The highest BCUT2D eigenvalue weighted by Crippen LogP contribution is 2.29. The molecule has 0 bridgehead atoms. The van der Waals surface area contributed by atoms with E-state index in [1.54, 1.807) is 6.92 Å². The van der Waals surface area contributed by atoms with Gasteiger partial charge in [-0.15, -0.1) is 0 Å². The highest BCUT2D eigenvalue weighted by atomic mass is 31.2. The van der Waals surface area contributed by atoms with Crippen molar-refractivity contribution in [2.24, 2.45) is 0 Å². The number of aliphatic hydroxyl groups excluding tert-OH is 1. The summed E-state index contributed by atoms with van der Waals surface area (Å²) < 4.78 is 46.3. The number of phosphoric acid groups is 3. The number of nitrogens with one attached hydrogen (secondary N) is 1. The van der Waals surface area contributed by atoms with Crippen LogP contribution in [0.25, 0.3) is 0 Å². The van der Waals surface area contributed by atoms with Crippen LogP contribution in [0.15, 0.2) is 15.8 Å². The molecule has 1 aromatic rings. The number of rotatable bonds is 2. The van der Waals surface area contributed by atoms with Crippen molar-refractivity contribution in [3.63, 3.8) is 0 Å². The van der Waals surface area contributed by atoms with Crippen LogP contribution in [0.1, 0.15) is 18.2 Å². The molecule has 1 aliphatic rings. The summed E-state index contributed by atoms with van der Waals surface area (Å²) in [7, 11) is -13.9. The van der Waals surface area contributed by atoms with Crippen LogP contribution >= 0.6 is 23.5 Å².